The summed E-state index contributed by atoms with van der Waals surface area (Å²) in [7, 11) is 0. The second-order valence-corrected chi connectivity index (χ2v) is 8.80. The summed E-state index contributed by atoms with van der Waals surface area (Å²) >= 11 is 1.88. The molecule has 1 aromatic carbocycles. The zero-order valence-electron chi connectivity index (χ0n) is 16.1. The maximum atomic E-state index is 9.22. The first-order chi connectivity index (χ1) is 13.8. The van der Waals surface area contributed by atoms with Crippen molar-refractivity contribution in [2.24, 2.45) is 0 Å². The van der Waals surface area contributed by atoms with Gasteiger partial charge in [-0.1, -0.05) is 30.3 Å². The van der Waals surface area contributed by atoms with E-state index in [9.17, 15) is 5.11 Å². The van der Waals surface area contributed by atoms with Gasteiger partial charge >= 0.3 is 0 Å². The van der Waals surface area contributed by atoms with E-state index >= 15 is 0 Å². The Hall–Kier alpha value is -2.02. The largest absolute Gasteiger partial charge is 0.395 e. The van der Waals surface area contributed by atoms with Crippen molar-refractivity contribution in [3.63, 3.8) is 0 Å². The molecule has 3 aromatic rings. The van der Waals surface area contributed by atoms with Crippen LogP contribution in [-0.4, -0.2) is 59.3 Å². The lowest BCUT2D eigenvalue weighted by molar-refractivity contribution is 0.188. The number of aromatic nitrogens is 2. The highest BCUT2D eigenvalue weighted by Gasteiger charge is 2.26. The molecule has 1 N–H and O–H groups in total. The van der Waals surface area contributed by atoms with Crippen molar-refractivity contribution >= 4 is 27.4 Å². The second kappa shape index (κ2) is 7.78. The monoisotopic (exact) mass is 394 g/mol. The van der Waals surface area contributed by atoms with Gasteiger partial charge in [0.2, 0.25) is 0 Å². The van der Waals surface area contributed by atoms with E-state index in [-0.39, 0.29) is 6.61 Å². The number of fused-ring (bicyclic) bond motifs is 3. The maximum absolute atomic E-state index is 9.22. The van der Waals surface area contributed by atoms with Crippen LogP contribution in [0.4, 0.5) is 5.82 Å². The van der Waals surface area contributed by atoms with Crippen molar-refractivity contribution in [3.8, 4) is 0 Å². The van der Waals surface area contributed by atoms with Crippen LogP contribution in [-0.2, 0) is 19.3 Å². The number of anilines is 1. The number of hydrogen-bond acceptors (Lipinski definition) is 6. The standard InChI is InChI=1S/C22H26N4OS/c27-14-13-25-9-11-26(12-10-25)21-20-17-7-4-8-18(17)28-22(20)24-19(23-21)15-16-5-2-1-3-6-16/h1-3,5-6,27H,4,7-15H2. The van der Waals surface area contributed by atoms with E-state index in [4.69, 9.17) is 9.97 Å². The maximum Gasteiger partial charge on any atom is 0.141 e. The summed E-state index contributed by atoms with van der Waals surface area (Å²) in [6.45, 7) is 4.87. The minimum absolute atomic E-state index is 0.233. The van der Waals surface area contributed by atoms with Gasteiger partial charge in [-0.05, 0) is 30.4 Å². The molecule has 1 aliphatic carbocycles. The topological polar surface area (TPSA) is 52.5 Å². The lowest BCUT2D eigenvalue weighted by Gasteiger charge is -2.35. The Labute approximate surface area is 169 Å². The number of benzene rings is 1. The second-order valence-electron chi connectivity index (χ2n) is 7.72. The summed E-state index contributed by atoms with van der Waals surface area (Å²) < 4.78 is 0. The molecule has 2 aliphatic rings. The molecule has 146 valence electrons. The summed E-state index contributed by atoms with van der Waals surface area (Å²) in [5, 5.41) is 10.5. The van der Waals surface area contributed by atoms with Gasteiger partial charge in [0.1, 0.15) is 16.5 Å². The number of rotatable bonds is 5. The Balaban J connectivity index is 1.52. The van der Waals surface area contributed by atoms with Gasteiger partial charge in [-0.2, -0.15) is 0 Å². The molecule has 28 heavy (non-hydrogen) atoms. The van der Waals surface area contributed by atoms with Crippen molar-refractivity contribution in [1.29, 1.82) is 0 Å². The molecule has 2 aromatic heterocycles. The summed E-state index contributed by atoms with van der Waals surface area (Å²) in [5.74, 6) is 2.06. The van der Waals surface area contributed by atoms with Gasteiger partial charge in [-0.25, -0.2) is 9.97 Å². The average molecular weight is 395 g/mol. The molecule has 0 unspecified atom stereocenters. The van der Waals surface area contributed by atoms with Crippen LogP contribution in [0.25, 0.3) is 10.2 Å². The Bertz CT molecular complexity index is 964. The molecule has 5 nitrogen and oxygen atoms in total. The number of aliphatic hydroxyl groups is 1. The van der Waals surface area contributed by atoms with Crippen molar-refractivity contribution in [3.05, 3.63) is 52.2 Å². The van der Waals surface area contributed by atoms with E-state index in [2.05, 4.69) is 40.1 Å². The molecule has 0 bridgehead atoms. The molecule has 0 saturated carbocycles. The molecule has 0 radical (unpaired) electrons. The van der Waals surface area contributed by atoms with E-state index in [0.29, 0.717) is 0 Å². The van der Waals surface area contributed by atoms with Crippen LogP contribution < -0.4 is 4.90 Å². The highest BCUT2D eigenvalue weighted by atomic mass is 32.1. The van der Waals surface area contributed by atoms with Crippen molar-refractivity contribution in [2.45, 2.75) is 25.7 Å². The van der Waals surface area contributed by atoms with E-state index in [0.717, 1.165) is 57.2 Å². The first-order valence-corrected chi connectivity index (χ1v) is 11.1. The smallest absolute Gasteiger partial charge is 0.141 e. The quantitative estimate of drug-likeness (QED) is 0.721. The highest BCUT2D eigenvalue weighted by molar-refractivity contribution is 7.19. The van der Waals surface area contributed by atoms with Gasteiger partial charge in [0.25, 0.3) is 0 Å². The van der Waals surface area contributed by atoms with Crippen molar-refractivity contribution < 1.29 is 5.11 Å². The average Bonchev–Trinajstić information content (AvgIpc) is 3.30. The normalized spacial score (nSPS) is 17.4. The lowest BCUT2D eigenvalue weighted by Crippen LogP contribution is -2.47. The molecule has 0 amide bonds. The Morgan fingerprint density at radius 1 is 1.00 bits per heavy atom. The molecule has 5 rings (SSSR count). The third kappa shape index (κ3) is 3.41. The van der Waals surface area contributed by atoms with Gasteiger partial charge in [0.05, 0.1) is 12.0 Å². The van der Waals surface area contributed by atoms with E-state index in [1.54, 1.807) is 0 Å². The molecular weight excluding hydrogens is 368 g/mol. The number of aryl methyl sites for hydroxylation is 2. The van der Waals surface area contributed by atoms with Gasteiger partial charge < -0.3 is 10.0 Å². The molecular formula is C22H26N4OS. The van der Waals surface area contributed by atoms with Crippen molar-refractivity contribution in [2.75, 3.05) is 44.2 Å². The lowest BCUT2D eigenvalue weighted by atomic mass is 10.1. The fourth-order valence-electron chi connectivity index (χ4n) is 4.43. The van der Waals surface area contributed by atoms with Crippen LogP contribution in [0.5, 0.6) is 0 Å². The summed E-state index contributed by atoms with van der Waals surface area (Å²) in [6.07, 6.45) is 4.38. The zero-order chi connectivity index (χ0) is 18.9. The molecule has 0 atom stereocenters. The zero-order valence-corrected chi connectivity index (χ0v) is 16.9. The van der Waals surface area contributed by atoms with E-state index in [1.807, 2.05) is 11.3 Å². The first kappa shape index (κ1) is 18.0. The molecule has 0 spiro atoms. The number of β-amino-alcohol motifs (C(OH)–C–C–N with tert-alkyl or cyclic N) is 1. The predicted molar refractivity (Wildman–Crippen MR) is 114 cm³/mol. The Kier molecular flexibility index (Phi) is 5.01. The van der Waals surface area contributed by atoms with Crippen LogP contribution >= 0.6 is 11.3 Å². The number of hydrogen-bond donors (Lipinski definition) is 1. The van der Waals surface area contributed by atoms with Gasteiger partial charge in [0, 0.05) is 44.0 Å². The van der Waals surface area contributed by atoms with Crippen LogP contribution in [0.3, 0.4) is 0 Å². The van der Waals surface area contributed by atoms with Crippen LogP contribution in [0.1, 0.15) is 28.2 Å². The van der Waals surface area contributed by atoms with Gasteiger partial charge in [-0.3, -0.25) is 4.90 Å². The molecule has 1 aliphatic heterocycles. The highest BCUT2D eigenvalue weighted by Crippen LogP contribution is 2.40. The number of thiophene rings is 1. The van der Waals surface area contributed by atoms with Crippen molar-refractivity contribution in [1.82, 2.24) is 14.9 Å². The van der Waals surface area contributed by atoms with Crippen LogP contribution in [0.2, 0.25) is 0 Å². The summed E-state index contributed by atoms with van der Waals surface area (Å²) in [5.41, 5.74) is 2.75. The van der Waals surface area contributed by atoms with E-state index in [1.165, 1.54) is 39.1 Å². The van der Waals surface area contributed by atoms with Crippen LogP contribution in [0, 0.1) is 0 Å². The molecule has 6 heteroatoms. The molecule has 3 heterocycles. The Morgan fingerprint density at radius 3 is 2.61 bits per heavy atom. The summed E-state index contributed by atoms with van der Waals surface area (Å²) in [6, 6.07) is 10.5. The molecule has 1 saturated heterocycles. The number of aliphatic hydroxyl groups excluding tert-OH is 1. The van der Waals surface area contributed by atoms with Gasteiger partial charge in [0.15, 0.2) is 0 Å². The van der Waals surface area contributed by atoms with Crippen LogP contribution in [0.15, 0.2) is 30.3 Å². The van der Waals surface area contributed by atoms with Gasteiger partial charge in [-0.15, -0.1) is 11.3 Å². The minimum Gasteiger partial charge on any atom is -0.395 e. The SMILES string of the molecule is OCCN1CCN(c2nc(Cc3ccccc3)nc3sc4c(c23)CCC4)CC1. The van der Waals surface area contributed by atoms with E-state index < -0.39 is 0 Å². The fraction of sp³-hybridized carbons (Fsp3) is 0.455. The third-order valence-corrected chi connectivity index (χ3v) is 7.07. The minimum atomic E-state index is 0.233. The predicted octanol–water partition coefficient (Wildman–Crippen LogP) is 2.89. The summed E-state index contributed by atoms with van der Waals surface area (Å²) in [4.78, 5) is 17.5. The first-order valence-electron chi connectivity index (χ1n) is 10.2. The number of nitrogens with zero attached hydrogens (tertiary/aromatic N) is 4. The fourth-order valence-corrected chi connectivity index (χ4v) is 5.71. The third-order valence-electron chi connectivity index (χ3n) is 5.89. The Morgan fingerprint density at radius 2 is 1.82 bits per heavy atom. The molecule has 1 fully saturated rings. The number of piperazine rings is 1.